The molecule has 0 bridgehead atoms. The van der Waals surface area contributed by atoms with Gasteiger partial charge in [0.05, 0.1) is 17.2 Å². The third-order valence-electron chi connectivity index (χ3n) is 2.54. The van der Waals surface area contributed by atoms with Gasteiger partial charge in [-0.25, -0.2) is 4.98 Å². The number of benzene rings is 1. The van der Waals surface area contributed by atoms with Crippen LogP contribution in [0.15, 0.2) is 29.6 Å². The molecule has 0 aliphatic rings. The van der Waals surface area contributed by atoms with Crippen molar-refractivity contribution in [1.82, 2.24) is 4.98 Å². The van der Waals surface area contributed by atoms with E-state index in [1.54, 1.807) is 11.3 Å². The van der Waals surface area contributed by atoms with E-state index in [0.717, 1.165) is 29.2 Å². The summed E-state index contributed by atoms with van der Waals surface area (Å²) in [5, 5.41) is 3.16. The lowest BCUT2D eigenvalue weighted by atomic mass is 10.2. The maximum atomic E-state index is 10.6. The lowest BCUT2D eigenvalue weighted by Crippen LogP contribution is -2.16. The molecule has 0 N–H and O–H groups in total. The highest BCUT2D eigenvalue weighted by Crippen LogP contribution is 2.17. The molecule has 0 amide bonds. The van der Waals surface area contributed by atoms with E-state index in [2.05, 4.69) is 15.3 Å². The van der Waals surface area contributed by atoms with Crippen molar-refractivity contribution in [2.75, 3.05) is 11.9 Å². The van der Waals surface area contributed by atoms with Crippen LogP contribution in [0, 0.1) is 6.92 Å². The first kappa shape index (κ1) is 11.8. The molecule has 2 rings (SSSR count). The molecule has 0 atom stereocenters. The molecule has 0 fully saturated rings. The van der Waals surface area contributed by atoms with Gasteiger partial charge in [-0.15, -0.1) is 11.3 Å². The SMILES string of the molecule is Cc1nc(CN(C)c2ccc(C=O)cc2)cs1. The molecular weight excluding hydrogens is 232 g/mol. The Morgan fingerprint density at radius 1 is 1.35 bits per heavy atom. The van der Waals surface area contributed by atoms with E-state index < -0.39 is 0 Å². The van der Waals surface area contributed by atoms with Crippen molar-refractivity contribution in [2.45, 2.75) is 13.5 Å². The predicted molar refractivity (Wildman–Crippen MR) is 70.8 cm³/mol. The standard InChI is InChI=1S/C13H14N2OS/c1-10-14-12(9-17-10)7-15(2)13-5-3-11(8-16)4-6-13/h3-6,8-9H,7H2,1-2H3. The summed E-state index contributed by atoms with van der Waals surface area (Å²) in [6.45, 7) is 2.79. The zero-order valence-corrected chi connectivity index (χ0v) is 10.7. The fourth-order valence-electron chi connectivity index (χ4n) is 1.62. The van der Waals surface area contributed by atoms with Crippen LogP contribution < -0.4 is 4.90 Å². The van der Waals surface area contributed by atoms with Crippen molar-refractivity contribution >= 4 is 23.3 Å². The number of aryl methyl sites for hydroxylation is 1. The maximum Gasteiger partial charge on any atom is 0.150 e. The number of carbonyl (C=O) groups excluding carboxylic acids is 1. The van der Waals surface area contributed by atoms with E-state index in [0.29, 0.717) is 5.56 Å². The fourth-order valence-corrected chi connectivity index (χ4v) is 2.23. The van der Waals surface area contributed by atoms with Crippen molar-refractivity contribution in [1.29, 1.82) is 0 Å². The molecule has 0 unspecified atom stereocenters. The summed E-state index contributed by atoms with van der Waals surface area (Å²) < 4.78 is 0. The van der Waals surface area contributed by atoms with Crippen LogP contribution in [-0.2, 0) is 6.54 Å². The minimum atomic E-state index is 0.701. The van der Waals surface area contributed by atoms with E-state index in [-0.39, 0.29) is 0 Å². The first-order chi connectivity index (χ1) is 8.19. The van der Waals surface area contributed by atoms with Gasteiger partial charge in [-0.05, 0) is 31.2 Å². The highest BCUT2D eigenvalue weighted by atomic mass is 32.1. The first-order valence-electron chi connectivity index (χ1n) is 5.36. The van der Waals surface area contributed by atoms with Gasteiger partial charge in [0.2, 0.25) is 0 Å². The molecule has 2 aromatic rings. The topological polar surface area (TPSA) is 33.2 Å². The minimum absolute atomic E-state index is 0.701. The number of hydrogen-bond donors (Lipinski definition) is 0. The molecule has 17 heavy (non-hydrogen) atoms. The van der Waals surface area contributed by atoms with Crippen molar-refractivity contribution in [2.24, 2.45) is 0 Å². The average molecular weight is 246 g/mol. The van der Waals surface area contributed by atoms with Crippen LogP contribution in [0.3, 0.4) is 0 Å². The van der Waals surface area contributed by atoms with Gasteiger partial charge in [-0.1, -0.05) is 0 Å². The van der Waals surface area contributed by atoms with Gasteiger partial charge < -0.3 is 4.90 Å². The molecule has 0 aliphatic heterocycles. The number of carbonyl (C=O) groups is 1. The molecule has 0 radical (unpaired) electrons. The molecule has 0 saturated carbocycles. The Hall–Kier alpha value is -1.68. The van der Waals surface area contributed by atoms with E-state index in [1.165, 1.54) is 0 Å². The summed E-state index contributed by atoms with van der Waals surface area (Å²) in [5.74, 6) is 0. The van der Waals surface area contributed by atoms with Crippen LogP contribution in [0.4, 0.5) is 5.69 Å². The predicted octanol–water partition coefficient (Wildman–Crippen LogP) is 2.90. The van der Waals surface area contributed by atoms with Crippen LogP contribution in [-0.4, -0.2) is 18.3 Å². The summed E-state index contributed by atoms with van der Waals surface area (Å²) in [5.41, 5.74) is 2.86. The number of thiazole rings is 1. The van der Waals surface area contributed by atoms with Crippen molar-refractivity contribution in [3.8, 4) is 0 Å². The zero-order valence-electron chi connectivity index (χ0n) is 9.88. The zero-order chi connectivity index (χ0) is 12.3. The summed E-state index contributed by atoms with van der Waals surface area (Å²) in [7, 11) is 2.02. The van der Waals surface area contributed by atoms with Gasteiger partial charge in [0, 0.05) is 23.7 Å². The van der Waals surface area contributed by atoms with E-state index in [9.17, 15) is 4.79 Å². The summed E-state index contributed by atoms with van der Waals surface area (Å²) in [4.78, 5) is 17.1. The second kappa shape index (κ2) is 5.10. The van der Waals surface area contributed by atoms with Crippen molar-refractivity contribution in [3.05, 3.63) is 45.9 Å². The molecule has 0 aliphatic carbocycles. The highest BCUT2D eigenvalue weighted by molar-refractivity contribution is 7.09. The van der Waals surface area contributed by atoms with Gasteiger partial charge in [-0.3, -0.25) is 4.79 Å². The van der Waals surface area contributed by atoms with Crippen LogP contribution >= 0.6 is 11.3 Å². The number of rotatable bonds is 4. The third kappa shape index (κ3) is 2.91. The quantitative estimate of drug-likeness (QED) is 0.778. The Bertz CT molecular complexity index is 504. The molecule has 88 valence electrons. The largest absolute Gasteiger partial charge is 0.369 e. The van der Waals surface area contributed by atoms with Gasteiger partial charge in [0.15, 0.2) is 0 Å². The molecular formula is C13H14N2OS. The van der Waals surface area contributed by atoms with Crippen molar-refractivity contribution in [3.63, 3.8) is 0 Å². The summed E-state index contributed by atoms with van der Waals surface area (Å²) in [6.07, 6.45) is 0.855. The molecule has 1 heterocycles. The second-order valence-corrected chi connectivity index (χ2v) is 4.99. The lowest BCUT2D eigenvalue weighted by molar-refractivity contribution is 0.112. The fraction of sp³-hybridized carbons (Fsp3) is 0.231. The summed E-state index contributed by atoms with van der Waals surface area (Å²) in [6, 6.07) is 7.54. The lowest BCUT2D eigenvalue weighted by Gasteiger charge is -2.17. The smallest absolute Gasteiger partial charge is 0.150 e. The van der Waals surface area contributed by atoms with Gasteiger partial charge >= 0.3 is 0 Å². The van der Waals surface area contributed by atoms with Crippen molar-refractivity contribution < 1.29 is 4.79 Å². The maximum absolute atomic E-state index is 10.6. The van der Waals surface area contributed by atoms with Crippen LogP contribution in [0.5, 0.6) is 0 Å². The van der Waals surface area contributed by atoms with Gasteiger partial charge in [-0.2, -0.15) is 0 Å². The Morgan fingerprint density at radius 2 is 2.06 bits per heavy atom. The Labute approximate surface area is 105 Å². The number of aromatic nitrogens is 1. The number of nitrogens with zero attached hydrogens (tertiary/aromatic N) is 2. The second-order valence-electron chi connectivity index (χ2n) is 3.92. The van der Waals surface area contributed by atoms with Crippen LogP contribution in [0.1, 0.15) is 21.1 Å². The average Bonchev–Trinajstić information content (AvgIpc) is 2.75. The van der Waals surface area contributed by atoms with Crippen LogP contribution in [0.2, 0.25) is 0 Å². The van der Waals surface area contributed by atoms with E-state index >= 15 is 0 Å². The Balaban J connectivity index is 2.08. The van der Waals surface area contributed by atoms with Gasteiger partial charge in [0.25, 0.3) is 0 Å². The molecule has 1 aromatic heterocycles. The molecule has 1 aromatic carbocycles. The Morgan fingerprint density at radius 3 is 2.59 bits per heavy atom. The summed E-state index contributed by atoms with van der Waals surface area (Å²) >= 11 is 1.66. The Kier molecular flexibility index (Phi) is 3.54. The molecule has 3 nitrogen and oxygen atoms in total. The van der Waals surface area contributed by atoms with E-state index in [4.69, 9.17) is 0 Å². The number of aldehydes is 1. The number of hydrogen-bond acceptors (Lipinski definition) is 4. The monoisotopic (exact) mass is 246 g/mol. The van der Waals surface area contributed by atoms with E-state index in [1.807, 2.05) is 38.2 Å². The first-order valence-corrected chi connectivity index (χ1v) is 6.24. The molecule has 0 saturated heterocycles. The molecule has 4 heteroatoms. The minimum Gasteiger partial charge on any atom is -0.369 e. The third-order valence-corrected chi connectivity index (χ3v) is 3.36. The normalized spacial score (nSPS) is 10.2. The van der Waals surface area contributed by atoms with Gasteiger partial charge in [0.1, 0.15) is 6.29 Å². The number of anilines is 1. The molecule has 0 spiro atoms. The van der Waals surface area contributed by atoms with Crippen LogP contribution in [0.25, 0.3) is 0 Å². The highest BCUT2D eigenvalue weighted by Gasteiger charge is 2.04.